The molecule has 0 radical (unpaired) electrons. The largest absolute Gasteiger partial charge is 0.416 e. The minimum Gasteiger partial charge on any atom is -0.379 e. The average Bonchev–Trinajstić information content (AvgIpc) is 2.86. The molecular formula is C16H14F3N3. The van der Waals surface area contributed by atoms with Crippen LogP contribution in [0.4, 0.5) is 18.9 Å². The fourth-order valence-electron chi connectivity index (χ4n) is 2.22. The number of aryl methyl sites for hydroxylation is 1. The molecule has 1 N–H and O–H groups in total. The van der Waals surface area contributed by atoms with Crippen LogP contribution < -0.4 is 5.32 Å². The van der Waals surface area contributed by atoms with Gasteiger partial charge in [-0.15, -0.1) is 0 Å². The van der Waals surface area contributed by atoms with Gasteiger partial charge in [0, 0.05) is 18.1 Å². The number of benzene rings is 1. The molecule has 2 aromatic heterocycles. The molecule has 0 aliphatic heterocycles. The average molecular weight is 305 g/mol. The van der Waals surface area contributed by atoms with Crippen molar-refractivity contribution < 1.29 is 13.2 Å². The Balaban J connectivity index is 1.76. The smallest absolute Gasteiger partial charge is 0.379 e. The molecule has 0 saturated carbocycles. The number of rotatable bonds is 3. The Morgan fingerprint density at radius 2 is 2.00 bits per heavy atom. The van der Waals surface area contributed by atoms with Crippen LogP contribution in [0.3, 0.4) is 0 Å². The Bertz CT molecular complexity index is 806. The number of nitrogens with zero attached hydrogens (tertiary/aromatic N) is 2. The van der Waals surface area contributed by atoms with Gasteiger partial charge in [0.15, 0.2) is 0 Å². The van der Waals surface area contributed by atoms with E-state index in [2.05, 4.69) is 10.3 Å². The number of pyridine rings is 1. The summed E-state index contributed by atoms with van der Waals surface area (Å²) in [5, 5.41) is 2.97. The maximum atomic E-state index is 12.7. The molecule has 0 spiro atoms. The lowest BCUT2D eigenvalue weighted by Crippen LogP contribution is -2.06. The van der Waals surface area contributed by atoms with E-state index in [4.69, 9.17) is 0 Å². The fourth-order valence-corrected chi connectivity index (χ4v) is 2.22. The molecule has 0 aliphatic carbocycles. The Morgan fingerprint density at radius 3 is 2.77 bits per heavy atom. The Hall–Kier alpha value is -2.50. The highest BCUT2D eigenvalue weighted by Crippen LogP contribution is 2.30. The second kappa shape index (κ2) is 5.36. The van der Waals surface area contributed by atoms with Gasteiger partial charge in [-0.1, -0.05) is 6.07 Å². The minimum absolute atomic E-state index is 0.363. The van der Waals surface area contributed by atoms with Crippen LogP contribution in [0, 0.1) is 6.92 Å². The van der Waals surface area contributed by atoms with Crippen molar-refractivity contribution in [2.45, 2.75) is 19.6 Å². The van der Waals surface area contributed by atoms with E-state index >= 15 is 0 Å². The minimum atomic E-state index is -4.34. The Kier molecular flexibility index (Phi) is 3.52. The predicted molar refractivity (Wildman–Crippen MR) is 78.7 cm³/mol. The third kappa shape index (κ3) is 3.05. The lowest BCUT2D eigenvalue weighted by molar-refractivity contribution is -0.137. The first-order valence-corrected chi connectivity index (χ1v) is 6.77. The van der Waals surface area contributed by atoms with E-state index in [1.165, 1.54) is 6.07 Å². The standard InChI is InChI=1S/C16H14F3N3/c1-11-5-6-22-10-14(21-15(22)7-11)9-20-13-4-2-3-12(8-13)16(17,18)19/h2-8,10,20H,9H2,1H3. The zero-order valence-corrected chi connectivity index (χ0v) is 11.9. The van der Waals surface area contributed by atoms with Gasteiger partial charge in [-0.05, 0) is 42.8 Å². The molecule has 3 rings (SSSR count). The summed E-state index contributed by atoms with van der Waals surface area (Å²) in [5.74, 6) is 0. The van der Waals surface area contributed by atoms with Crippen LogP contribution in [0.5, 0.6) is 0 Å². The molecule has 3 aromatic rings. The number of fused-ring (bicyclic) bond motifs is 1. The van der Waals surface area contributed by atoms with Gasteiger partial charge in [-0.2, -0.15) is 13.2 Å². The number of nitrogens with one attached hydrogen (secondary N) is 1. The highest BCUT2D eigenvalue weighted by atomic mass is 19.4. The highest BCUT2D eigenvalue weighted by Gasteiger charge is 2.30. The van der Waals surface area contributed by atoms with Gasteiger partial charge in [0.25, 0.3) is 0 Å². The van der Waals surface area contributed by atoms with E-state index in [-0.39, 0.29) is 0 Å². The molecule has 2 heterocycles. The van der Waals surface area contributed by atoms with Crippen molar-refractivity contribution in [3.05, 3.63) is 65.6 Å². The topological polar surface area (TPSA) is 29.3 Å². The van der Waals surface area contributed by atoms with Crippen molar-refractivity contribution in [1.29, 1.82) is 0 Å². The molecule has 1 aromatic carbocycles. The molecule has 0 unspecified atom stereocenters. The normalized spacial score (nSPS) is 11.8. The lowest BCUT2D eigenvalue weighted by atomic mass is 10.2. The van der Waals surface area contributed by atoms with Crippen molar-refractivity contribution >= 4 is 11.3 Å². The Labute approximate surface area is 125 Å². The van der Waals surface area contributed by atoms with Gasteiger partial charge in [0.05, 0.1) is 17.8 Å². The van der Waals surface area contributed by atoms with Gasteiger partial charge in [0.1, 0.15) is 5.65 Å². The van der Waals surface area contributed by atoms with Crippen molar-refractivity contribution in [3.63, 3.8) is 0 Å². The van der Waals surface area contributed by atoms with E-state index in [0.29, 0.717) is 12.2 Å². The third-order valence-electron chi connectivity index (χ3n) is 3.33. The molecule has 0 atom stereocenters. The number of imidazole rings is 1. The molecule has 6 heteroatoms. The zero-order chi connectivity index (χ0) is 15.7. The van der Waals surface area contributed by atoms with Crippen LogP contribution in [0.15, 0.2) is 48.8 Å². The van der Waals surface area contributed by atoms with Crippen molar-refractivity contribution in [2.24, 2.45) is 0 Å². The van der Waals surface area contributed by atoms with E-state index in [1.807, 2.05) is 35.9 Å². The van der Waals surface area contributed by atoms with Crippen molar-refractivity contribution in [1.82, 2.24) is 9.38 Å². The first-order valence-electron chi connectivity index (χ1n) is 6.77. The highest BCUT2D eigenvalue weighted by molar-refractivity contribution is 5.48. The summed E-state index contributed by atoms with van der Waals surface area (Å²) < 4.78 is 39.9. The van der Waals surface area contributed by atoms with E-state index < -0.39 is 11.7 Å². The van der Waals surface area contributed by atoms with Crippen LogP contribution in [0.1, 0.15) is 16.8 Å². The summed E-state index contributed by atoms with van der Waals surface area (Å²) >= 11 is 0. The van der Waals surface area contributed by atoms with Crippen LogP contribution >= 0.6 is 0 Å². The predicted octanol–water partition coefficient (Wildman–Crippen LogP) is 4.27. The molecule has 0 aliphatic rings. The molecule has 22 heavy (non-hydrogen) atoms. The summed E-state index contributed by atoms with van der Waals surface area (Å²) in [7, 11) is 0. The number of halogens is 3. The first-order chi connectivity index (χ1) is 10.4. The molecule has 0 amide bonds. The molecule has 0 bridgehead atoms. The van der Waals surface area contributed by atoms with Gasteiger partial charge >= 0.3 is 6.18 Å². The third-order valence-corrected chi connectivity index (χ3v) is 3.33. The summed E-state index contributed by atoms with van der Waals surface area (Å²) in [6.07, 6.45) is -0.570. The molecule has 114 valence electrons. The zero-order valence-electron chi connectivity index (χ0n) is 11.9. The summed E-state index contributed by atoms with van der Waals surface area (Å²) in [4.78, 5) is 4.44. The quantitative estimate of drug-likeness (QED) is 0.783. The number of alkyl halides is 3. The van der Waals surface area contributed by atoms with Gasteiger partial charge in [-0.3, -0.25) is 0 Å². The van der Waals surface area contributed by atoms with Crippen molar-refractivity contribution in [3.8, 4) is 0 Å². The first kappa shape index (κ1) is 14.4. The second-order valence-electron chi connectivity index (χ2n) is 5.13. The number of hydrogen-bond acceptors (Lipinski definition) is 2. The van der Waals surface area contributed by atoms with Crippen LogP contribution in [-0.2, 0) is 12.7 Å². The SMILES string of the molecule is Cc1ccn2cc(CNc3cccc(C(F)(F)F)c3)nc2c1. The van der Waals surface area contributed by atoms with Gasteiger partial charge in [-0.25, -0.2) is 4.98 Å². The maximum Gasteiger partial charge on any atom is 0.416 e. The van der Waals surface area contributed by atoms with E-state index in [0.717, 1.165) is 29.0 Å². The summed E-state index contributed by atoms with van der Waals surface area (Å²) in [6, 6.07) is 9.07. The maximum absolute atomic E-state index is 12.7. The Morgan fingerprint density at radius 1 is 1.18 bits per heavy atom. The second-order valence-corrected chi connectivity index (χ2v) is 5.13. The van der Waals surface area contributed by atoms with Crippen LogP contribution in [0.2, 0.25) is 0 Å². The number of hydrogen-bond donors (Lipinski definition) is 1. The fraction of sp³-hybridized carbons (Fsp3) is 0.188. The molecule has 0 saturated heterocycles. The molecular weight excluding hydrogens is 291 g/mol. The van der Waals surface area contributed by atoms with Crippen LogP contribution in [-0.4, -0.2) is 9.38 Å². The van der Waals surface area contributed by atoms with E-state index in [9.17, 15) is 13.2 Å². The number of anilines is 1. The van der Waals surface area contributed by atoms with Crippen LogP contribution in [0.25, 0.3) is 5.65 Å². The molecule has 0 fully saturated rings. The van der Waals surface area contributed by atoms with Gasteiger partial charge < -0.3 is 9.72 Å². The van der Waals surface area contributed by atoms with Crippen molar-refractivity contribution in [2.75, 3.05) is 5.32 Å². The monoisotopic (exact) mass is 305 g/mol. The molecule has 3 nitrogen and oxygen atoms in total. The van der Waals surface area contributed by atoms with E-state index in [1.54, 1.807) is 6.07 Å². The van der Waals surface area contributed by atoms with Gasteiger partial charge in [0.2, 0.25) is 0 Å². The summed E-state index contributed by atoms with van der Waals surface area (Å²) in [6.45, 7) is 2.34. The lowest BCUT2D eigenvalue weighted by Gasteiger charge is -2.09. The number of aromatic nitrogens is 2. The summed E-state index contributed by atoms with van der Waals surface area (Å²) in [5.41, 5.74) is 2.45.